The van der Waals surface area contributed by atoms with E-state index in [9.17, 15) is 0 Å². The molecule has 3 rings (SSSR count). The molecule has 2 aromatic rings. The molecule has 2 aromatic carbocycles. The lowest BCUT2D eigenvalue weighted by Crippen LogP contribution is -2.32. The number of allylic oxidation sites excluding steroid dienone is 1. The highest BCUT2D eigenvalue weighted by atomic mass is 16.5. The summed E-state index contributed by atoms with van der Waals surface area (Å²) in [4.78, 5) is 2.19. The van der Waals surface area contributed by atoms with Gasteiger partial charge in [-0.25, -0.2) is 0 Å². The Hall–Kier alpha value is -2.74. The van der Waals surface area contributed by atoms with Crippen LogP contribution in [-0.2, 0) is 4.74 Å². The van der Waals surface area contributed by atoms with E-state index < -0.39 is 0 Å². The third kappa shape index (κ3) is 3.29. The molecule has 0 fully saturated rings. The molecule has 110 valence electrons. The van der Waals surface area contributed by atoms with E-state index in [1.54, 1.807) is 0 Å². The van der Waals surface area contributed by atoms with Crippen molar-refractivity contribution in [2.45, 2.75) is 0 Å². The molecule has 0 N–H and O–H groups in total. The largest absolute Gasteiger partial charge is 0.473 e. The average molecular weight is 289 g/mol. The van der Waals surface area contributed by atoms with Crippen molar-refractivity contribution in [1.82, 2.24) is 0 Å². The van der Waals surface area contributed by atoms with Gasteiger partial charge in [0.15, 0.2) is 6.73 Å². The lowest BCUT2D eigenvalue weighted by Gasteiger charge is -2.31. The van der Waals surface area contributed by atoms with Gasteiger partial charge in [0.05, 0.1) is 0 Å². The lowest BCUT2D eigenvalue weighted by molar-refractivity contribution is 0.209. The van der Waals surface area contributed by atoms with E-state index >= 15 is 0 Å². The molecule has 0 spiro atoms. The molecule has 1 aliphatic rings. The Morgan fingerprint density at radius 1 is 0.909 bits per heavy atom. The van der Waals surface area contributed by atoms with Gasteiger partial charge in [0.2, 0.25) is 0 Å². The minimum absolute atomic E-state index is 0.551. The van der Waals surface area contributed by atoms with Crippen LogP contribution in [0.1, 0.15) is 5.56 Å². The summed E-state index contributed by atoms with van der Waals surface area (Å²) < 4.78 is 5.92. The SMILES string of the molecule is C=CC1=C(/C=C\c2ccccc2)OCN(c2ccccc2)C1. The number of benzene rings is 2. The van der Waals surface area contributed by atoms with Crippen molar-refractivity contribution < 1.29 is 4.74 Å². The maximum absolute atomic E-state index is 5.92. The highest BCUT2D eigenvalue weighted by molar-refractivity contribution is 5.55. The molecule has 0 saturated carbocycles. The average Bonchev–Trinajstić information content (AvgIpc) is 2.61. The number of anilines is 1. The summed E-state index contributed by atoms with van der Waals surface area (Å²) in [6.07, 6.45) is 5.96. The Morgan fingerprint density at radius 3 is 2.27 bits per heavy atom. The van der Waals surface area contributed by atoms with Crippen LogP contribution in [0, 0.1) is 0 Å². The second-order valence-electron chi connectivity index (χ2n) is 5.14. The van der Waals surface area contributed by atoms with Gasteiger partial charge >= 0.3 is 0 Å². The van der Waals surface area contributed by atoms with Crippen molar-refractivity contribution in [3.8, 4) is 0 Å². The van der Waals surface area contributed by atoms with Crippen LogP contribution in [0.4, 0.5) is 5.69 Å². The first-order valence-corrected chi connectivity index (χ1v) is 7.38. The third-order valence-corrected chi connectivity index (χ3v) is 3.65. The third-order valence-electron chi connectivity index (χ3n) is 3.65. The summed E-state index contributed by atoms with van der Waals surface area (Å²) in [7, 11) is 0. The highest BCUT2D eigenvalue weighted by Crippen LogP contribution is 2.23. The minimum atomic E-state index is 0.551. The van der Waals surface area contributed by atoms with E-state index in [2.05, 4.69) is 41.8 Å². The van der Waals surface area contributed by atoms with E-state index in [0.29, 0.717) is 6.73 Å². The van der Waals surface area contributed by atoms with Gasteiger partial charge in [0.25, 0.3) is 0 Å². The van der Waals surface area contributed by atoms with Crippen molar-refractivity contribution in [3.05, 3.63) is 96.3 Å². The summed E-state index contributed by atoms with van der Waals surface area (Å²) in [5.41, 5.74) is 3.42. The van der Waals surface area contributed by atoms with Gasteiger partial charge in [-0.1, -0.05) is 67.3 Å². The molecule has 0 saturated heterocycles. The maximum atomic E-state index is 5.92. The van der Waals surface area contributed by atoms with Gasteiger partial charge in [-0.2, -0.15) is 0 Å². The molecule has 0 bridgehead atoms. The molecule has 2 heteroatoms. The van der Waals surface area contributed by atoms with E-state index in [0.717, 1.165) is 29.1 Å². The molecular weight excluding hydrogens is 270 g/mol. The maximum Gasteiger partial charge on any atom is 0.161 e. The molecule has 2 nitrogen and oxygen atoms in total. The van der Waals surface area contributed by atoms with Crippen LogP contribution < -0.4 is 4.90 Å². The Balaban J connectivity index is 1.78. The second-order valence-corrected chi connectivity index (χ2v) is 5.14. The van der Waals surface area contributed by atoms with Crippen LogP contribution in [0.15, 0.2) is 90.7 Å². The Morgan fingerprint density at radius 2 is 1.59 bits per heavy atom. The second kappa shape index (κ2) is 6.81. The predicted molar refractivity (Wildman–Crippen MR) is 92.4 cm³/mol. The van der Waals surface area contributed by atoms with Gasteiger partial charge < -0.3 is 9.64 Å². The highest BCUT2D eigenvalue weighted by Gasteiger charge is 2.16. The Labute approximate surface area is 131 Å². The Bertz CT molecular complexity index is 686. The fraction of sp³-hybridized carbons (Fsp3) is 0.100. The normalized spacial score (nSPS) is 15.0. The van der Waals surface area contributed by atoms with Crippen molar-refractivity contribution >= 4 is 11.8 Å². The number of nitrogens with zero attached hydrogens (tertiary/aromatic N) is 1. The van der Waals surface area contributed by atoms with Crippen molar-refractivity contribution in [2.75, 3.05) is 18.2 Å². The molecule has 0 atom stereocenters. The number of hydrogen-bond acceptors (Lipinski definition) is 2. The summed E-state index contributed by atoms with van der Waals surface area (Å²) in [6, 6.07) is 20.5. The van der Waals surface area contributed by atoms with Gasteiger partial charge in [-0.15, -0.1) is 0 Å². The zero-order valence-electron chi connectivity index (χ0n) is 12.5. The molecule has 0 radical (unpaired) electrons. The van der Waals surface area contributed by atoms with Gasteiger partial charge in [-0.3, -0.25) is 0 Å². The molecule has 22 heavy (non-hydrogen) atoms. The first-order valence-electron chi connectivity index (χ1n) is 7.38. The first kappa shape index (κ1) is 14.2. The van der Waals surface area contributed by atoms with Crippen LogP contribution in [-0.4, -0.2) is 13.3 Å². The lowest BCUT2D eigenvalue weighted by atomic mass is 10.1. The summed E-state index contributed by atoms with van der Waals surface area (Å²) in [5, 5.41) is 0. The van der Waals surface area contributed by atoms with E-state index in [4.69, 9.17) is 4.74 Å². The Kier molecular flexibility index (Phi) is 4.40. The standard InChI is InChI=1S/C20H19NO/c1-2-18-15-21(19-11-7-4-8-12-19)16-22-20(18)14-13-17-9-5-3-6-10-17/h2-14H,1,15-16H2/b14-13-. The van der Waals surface area contributed by atoms with Gasteiger partial charge in [-0.05, 0) is 23.8 Å². The fourth-order valence-corrected chi connectivity index (χ4v) is 2.43. The molecule has 0 aliphatic carbocycles. The molecule has 1 heterocycles. The fourth-order valence-electron chi connectivity index (χ4n) is 2.43. The topological polar surface area (TPSA) is 12.5 Å². The van der Waals surface area contributed by atoms with E-state index in [1.807, 2.05) is 48.6 Å². The van der Waals surface area contributed by atoms with E-state index in [-0.39, 0.29) is 0 Å². The summed E-state index contributed by atoms with van der Waals surface area (Å²) >= 11 is 0. The van der Waals surface area contributed by atoms with Crippen molar-refractivity contribution in [2.24, 2.45) is 0 Å². The molecule has 1 aliphatic heterocycles. The molecular formula is C20H19NO. The predicted octanol–water partition coefficient (Wildman–Crippen LogP) is 4.63. The molecule has 0 amide bonds. The smallest absolute Gasteiger partial charge is 0.161 e. The number of para-hydroxylation sites is 1. The number of ether oxygens (including phenoxy) is 1. The van der Waals surface area contributed by atoms with Crippen LogP contribution in [0.2, 0.25) is 0 Å². The first-order chi connectivity index (χ1) is 10.9. The zero-order valence-corrected chi connectivity index (χ0v) is 12.5. The van der Waals surface area contributed by atoms with Crippen LogP contribution >= 0.6 is 0 Å². The van der Waals surface area contributed by atoms with Crippen LogP contribution in [0.25, 0.3) is 6.08 Å². The van der Waals surface area contributed by atoms with Crippen LogP contribution in [0.3, 0.4) is 0 Å². The number of rotatable bonds is 4. The van der Waals surface area contributed by atoms with Gasteiger partial charge in [0.1, 0.15) is 5.76 Å². The van der Waals surface area contributed by atoms with Gasteiger partial charge in [0, 0.05) is 17.8 Å². The van der Waals surface area contributed by atoms with Crippen LogP contribution in [0.5, 0.6) is 0 Å². The quantitative estimate of drug-likeness (QED) is 0.813. The number of hydrogen-bond donors (Lipinski definition) is 0. The monoisotopic (exact) mass is 289 g/mol. The van der Waals surface area contributed by atoms with Crippen molar-refractivity contribution in [1.29, 1.82) is 0 Å². The zero-order chi connectivity index (χ0) is 15.2. The summed E-state index contributed by atoms with van der Waals surface area (Å²) in [6.45, 7) is 5.28. The van der Waals surface area contributed by atoms with E-state index in [1.165, 1.54) is 0 Å². The molecule has 0 unspecified atom stereocenters. The molecule has 0 aromatic heterocycles. The minimum Gasteiger partial charge on any atom is -0.473 e. The summed E-state index contributed by atoms with van der Waals surface area (Å²) in [5.74, 6) is 0.894. The van der Waals surface area contributed by atoms with Crippen molar-refractivity contribution in [3.63, 3.8) is 0 Å².